The fraction of sp³-hybridized carbons (Fsp3) is 0.474. The maximum atomic E-state index is 12.0. The van der Waals surface area contributed by atoms with Crippen LogP contribution in [0.15, 0.2) is 27.4 Å². The van der Waals surface area contributed by atoms with Crippen molar-refractivity contribution in [2.45, 2.75) is 45.4 Å². The van der Waals surface area contributed by atoms with E-state index < -0.39 is 24.0 Å². The van der Waals surface area contributed by atoms with Crippen LogP contribution in [0.1, 0.15) is 45.4 Å². The van der Waals surface area contributed by atoms with E-state index in [2.05, 4.69) is 6.92 Å². The minimum atomic E-state index is -1.15. The Hall–Kier alpha value is -2.70. The standard InChI is InChI=1S/C19H24O7/c1-2-3-4-5-6-7-11-24-18-17(22)16-13(25-12-15(20)21)9-8-10-14(16)26-19(18)23/h8-10,22H,2-7,11-12H2,1H3,(H,20,21). The van der Waals surface area contributed by atoms with Gasteiger partial charge in [0.1, 0.15) is 16.7 Å². The SMILES string of the molecule is CCCCCCCCOc1c(O)c2c(OCC(=O)O)cccc2oc1=O. The molecule has 2 aromatic rings. The molecule has 0 unspecified atom stereocenters. The summed E-state index contributed by atoms with van der Waals surface area (Å²) >= 11 is 0. The molecule has 1 heterocycles. The molecule has 1 aromatic heterocycles. The monoisotopic (exact) mass is 364 g/mol. The molecule has 0 fully saturated rings. The van der Waals surface area contributed by atoms with Gasteiger partial charge in [-0.25, -0.2) is 9.59 Å². The van der Waals surface area contributed by atoms with Crippen LogP contribution in [-0.2, 0) is 4.79 Å². The van der Waals surface area contributed by atoms with Crippen LogP contribution in [0.5, 0.6) is 17.2 Å². The first-order valence-electron chi connectivity index (χ1n) is 8.80. The summed E-state index contributed by atoms with van der Waals surface area (Å²) in [6.07, 6.45) is 6.39. The van der Waals surface area contributed by atoms with Crippen molar-refractivity contribution in [3.05, 3.63) is 28.6 Å². The van der Waals surface area contributed by atoms with Gasteiger partial charge in [0.15, 0.2) is 12.4 Å². The molecule has 0 aliphatic rings. The van der Waals surface area contributed by atoms with Crippen LogP contribution in [0.3, 0.4) is 0 Å². The summed E-state index contributed by atoms with van der Waals surface area (Å²) in [5.41, 5.74) is -0.682. The van der Waals surface area contributed by atoms with Crippen molar-refractivity contribution in [1.29, 1.82) is 0 Å². The number of hydrogen-bond donors (Lipinski definition) is 2. The van der Waals surface area contributed by atoms with Crippen LogP contribution in [-0.4, -0.2) is 29.4 Å². The first-order chi connectivity index (χ1) is 12.5. The molecular formula is C19H24O7. The van der Waals surface area contributed by atoms with Crippen LogP contribution >= 0.6 is 0 Å². The van der Waals surface area contributed by atoms with E-state index in [0.717, 1.165) is 19.3 Å². The van der Waals surface area contributed by atoms with E-state index in [-0.39, 0.29) is 29.1 Å². The third kappa shape index (κ3) is 5.15. The number of carbonyl (C=O) groups is 1. The number of carboxylic acids is 1. The first-order valence-corrected chi connectivity index (χ1v) is 8.80. The number of hydrogen-bond acceptors (Lipinski definition) is 6. The summed E-state index contributed by atoms with van der Waals surface area (Å²) in [4.78, 5) is 22.7. The Labute approximate surface area is 151 Å². The summed E-state index contributed by atoms with van der Waals surface area (Å²) < 4.78 is 15.8. The van der Waals surface area contributed by atoms with Crippen LogP contribution in [0.4, 0.5) is 0 Å². The molecule has 0 saturated heterocycles. The molecule has 0 aliphatic heterocycles. The summed E-state index contributed by atoms with van der Waals surface area (Å²) in [7, 11) is 0. The number of aliphatic carboxylic acids is 1. The minimum absolute atomic E-state index is 0.0994. The Morgan fingerprint density at radius 1 is 1.12 bits per heavy atom. The van der Waals surface area contributed by atoms with Gasteiger partial charge in [-0.3, -0.25) is 0 Å². The molecule has 0 aliphatic carbocycles. The Kier molecular flexibility index (Phi) is 7.32. The lowest BCUT2D eigenvalue weighted by Crippen LogP contribution is -2.11. The van der Waals surface area contributed by atoms with E-state index in [4.69, 9.17) is 19.0 Å². The highest BCUT2D eigenvalue weighted by Gasteiger charge is 2.19. The van der Waals surface area contributed by atoms with E-state index >= 15 is 0 Å². The Balaban J connectivity index is 2.12. The molecule has 142 valence electrons. The molecule has 26 heavy (non-hydrogen) atoms. The van der Waals surface area contributed by atoms with E-state index in [1.807, 2.05) is 0 Å². The molecule has 1 aromatic carbocycles. The van der Waals surface area contributed by atoms with Crippen LogP contribution in [0.2, 0.25) is 0 Å². The highest BCUT2D eigenvalue weighted by molar-refractivity contribution is 5.91. The van der Waals surface area contributed by atoms with Crippen molar-refractivity contribution in [1.82, 2.24) is 0 Å². The molecule has 7 nitrogen and oxygen atoms in total. The summed E-state index contributed by atoms with van der Waals surface area (Å²) in [5, 5.41) is 19.3. The number of unbranched alkanes of at least 4 members (excludes halogenated alkanes) is 5. The zero-order valence-corrected chi connectivity index (χ0v) is 14.8. The van der Waals surface area contributed by atoms with Crippen molar-refractivity contribution in [2.75, 3.05) is 13.2 Å². The predicted molar refractivity (Wildman–Crippen MR) is 96.2 cm³/mol. The van der Waals surface area contributed by atoms with Crippen molar-refractivity contribution in [3.63, 3.8) is 0 Å². The van der Waals surface area contributed by atoms with Gasteiger partial charge in [-0.1, -0.05) is 45.1 Å². The number of rotatable bonds is 11. The zero-order chi connectivity index (χ0) is 18.9. The molecular weight excluding hydrogens is 340 g/mol. The summed E-state index contributed by atoms with van der Waals surface area (Å²) in [6.45, 7) is 1.86. The van der Waals surface area contributed by atoms with Crippen molar-refractivity contribution >= 4 is 16.9 Å². The number of ether oxygens (including phenoxy) is 2. The summed E-state index contributed by atoms with van der Waals surface area (Å²) in [5.74, 6) is -1.73. The molecule has 2 N–H and O–H groups in total. The second-order valence-corrected chi connectivity index (χ2v) is 6.00. The zero-order valence-electron chi connectivity index (χ0n) is 14.8. The van der Waals surface area contributed by atoms with E-state index in [0.29, 0.717) is 0 Å². The fourth-order valence-corrected chi connectivity index (χ4v) is 2.63. The molecule has 0 spiro atoms. The van der Waals surface area contributed by atoms with Gasteiger partial charge in [-0.05, 0) is 18.6 Å². The highest BCUT2D eigenvalue weighted by atomic mass is 16.5. The lowest BCUT2D eigenvalue weighted by Gasteiger charge is -2.11. The molecule has 0 bridgehead atoms. The predicted octanol–water partition coefficient (Wildman–Crippen LogP) is 3.70. The van der Waals surface area contributed by atoms with Crippen LogP contribution in [0.25, 0.3) is 11.0 Å². The second-order valence-electron chi connectivity index (χ2n) is 6.00. The Bertz CT molecular complexity index is 794. The topological polar surface area (TPSA) is 106 Å². The van der Waals surface area contributed by atoms with E-state index in [9.17, 15) is 14.7 Å². The average molecular weight is 364 g/mol. The first kappa shape index (κ1) is 19.6. The lowest BCUT2D eigenvalue weighted by molar-refractivity contribution is -0.139. The van der Waals surface area contributed by atoms with E-state index in [1.54, 1.807) is 6.07 Å². The Morgan fingerprint density at radius 3 is 2.58 bits per heavy atom. The third-order valence-corrected chi connectivity index (χ3v) is 3.92. The minimum Gasteiger partial charge on any atom is -0.503 e. The molecule has 0 amide bonds. The van der Waals surface area contributed by atoms with Gasteiger partial charge in [-0.15, -0.1) is 0 Å². The van der Waals surface area contributed by atoms with Crippen molar-refractivity contribution in [3.8, 4) is 17.2 Å². The number of fused-ring (bicyclic) bond motifs is 1. The number of aromatic hydroxyl groups is 1. The molecule has 0 radical (unpaired) electrons. The molecule has 7 heteroatoms. The number of carboxylic acid groups (broad SMARTS) is 1. The van der Waals surface area contributed by atoms with Crippen molar-refractivity contribution < 1.29 is 28.9 Å². The second kappa shape index (κ2) is 9.70. The maximum Gasteiger partial charge on any atom is 0.383 e. The van der Waals surface area contributed by atoms with Gasteiger partial charge in [0, 0.05) is 0 Å². The number of benzene rings is 1. The van der Waals surface area contributed by atoms with Crippen molar-refractivity contribution in [2.24, 2.45) is 0 Å². The van der Waals surface area contributed by atoms with Gasteiger partial charge < -0.3 is 24.1 Å². The molecule has 0 atom stereocenters. The largest absolute Gasteiger partial charge is 0.503 e. The smallest absolute Gasteiger partial charge is 0.383 e. The van der Waals surface area contributed by atoms with Crippen LogP contribution in [0, 0.1) is 0 Å². The van der Waals surface area contributed by atoms with Gasteiger partial charge in [0.2, 0.25) is 5.75 Å². The molecule has 0 saturated carbocycles. The van der Waals surface area contributed by atoms with E-state index in [1.165, 1.54) is 31.4 Å². The maximum absolute atomic E-state index is 12.0. The van der Waals surface area contributed by atoms with Gasteiger partial charge in [-0.2, -0.15) is 0 Å². The Morgan fingerprint density at radius 2 is 1.85 bits per heavy atom. The van der Waals surface area contributed by atoms with Crippen LogP contribution < -0.4 is 15.1 Å². The van der Waals surface area contributed by atoms with Gasteiger partial charge >= 0.3 is 11.6 Å². The van der Waals surface area contributed by atoms with Gasteiger partial charge in [0.05, 0.1) is 6.61 Å². The van der Waals surface area contributed by atoms with Gasteiger partial charge in [0.25, 0.3) is 0 Å². The quantitative estimate of drug-likeness (QED) is 0.462. The summed E-state index contributed by atoms with van der Waals surface area (Å²) in [6, 6.07) is 4.52. The molecule has 2 rings (SSSR count). The lowest BCUT2D eigenvalue weighted by atomic mass is 10.1. The third-order valence-electron chi connectivity index (χ3n) is 3.92. The fourth-order valence-electron chi connectivity index (χ4n) is 2.63. The normalized spacial score (nSPS) is 10.8. The average Bonchev–Trinajstić information content (AvgIpc) is 2.61. The highest BCUT2D eigenvalue weighted by Crippen LogP contribution is 2.37.